The normalized spacial score (nSPS) is 20.8. The van der Waals surface area contributed by atoms with Crippen molar-refractivity contribution < 1.29 is 34.8 Å². The van der Waals surface area contributed by atoms with E-state index >= 15 is 0 Å². The summed E-state index contributed by atoms with van der Waals surface area (Å²) in [4.78, 5) is 26.1. The Balaban J connectivity index is 1.55. The van der Waals surface area contributed by atoms with Crippen molar-refractivity contribution in [1.29, 1.82) is 0 Å². The molecule has 6 N–H and O–H groups in total. The number of aromatic hydroxyl groups is 4. The van der Waals surface area contributed by atoms with Gasteiger partial charge in [-0.1, -0.05) is 0 Å². The Labute approximate surface area is 212 Å². The van der Waals surface area contributed by atoms with Crippen molar-refractivity contribution in [2.45, 2.75) is 27.7 Å². The van der Waals surface area contributed by atoms with E-state index in [4.69, 9.17) is 4.74 Å². The maximum Gasteiger partial charge on any atom is 0.205 e. The molecule has 2 unspecified atom stereocenters. The lowest BCUT2D eigenvalue weighted by molar-refractivity contribution is -0.112. The van der Waals surface area contributed by atoms with Crippen molar-refractivity contribution in [2.75, 3.05) is 10.6 Å². The van der Waals surface area contributed by atoms with E-state index in [0.29, 0.717) is 45.2 Å². The van der Waals surface area contributed by atoms with Crippen LogP contribution in [0.1, 0.15) is 25.0 Å². The summed E-state index contributed by atoms with van der Waals surface area (Å²) in [5.74, 6) is -1.18. The quantitative estimate of drug-likeness (QED) is 0.264. The number of phenols is 4. The number of allylic oxidation sites excluding steroid dienone is 4. The number of phenolic OH excluding ortho intramolecular Hbond substituents is 4. The summed E-state index contributed by atoms with van der Waals surface area (Å²) in [5.41, 5.74) is 3.59. The first-order valence-corrected chi connectivity index (χ1v) is 11.7. The molecule has 1 saturated heterocycles. The molecule has 0 spiro atoms. The van der Waals surface area contributed by atoms with Gasteiger partial charge in [-0.15, -0.1) is 0 Å². The fourth-order valence-electron chi connectivity index (χ4n) is 5.25. The molecule has 2 aromatic rings. The van der Waals surface area contributed by atoms with Gasteiger partial charge in [-0.05, 0) is 62.1 Å². The van der Waals surface area contributed by atoms with Gasteiger partial charge in [0.05, 0.1) is 34.6 Å². The third-order valence-corrected chi connectivity index (χ3v) is 7.04. The molecule has 2 aliphatic carbocycles. The van der Waals surface area contributed by atoms with Crippen LogP contribution in [0, 0.1) is 25.7 Å². The zero-order chi connectivity index (χ0) is 26.8. The average Bonchev–Trinajstić information content (AvgIpc) is 3.14. The molecule has 0 aromatic heterocycles. The highest BCUT2D eigenvalue weighted by molar-refractivity contribution is 6.10. The minimum absolute atomic E-state index is 0.0926. The Hall–Kier alpha value is -4.66. The number of nitrogens with one attached hydrogen (secondary N) is 2. The second-order valence-corrected chi connectivity index (χ2v) is 9.56. The highest BCUT2D eigenvalue weighted by Crippen LogP contribution is 2.51. The van der Waals surface area contributed by atoms with Crippen LogP contribution in [0.15, 0.2) is 70.5 Å². The lowest BCUT2D eigenvalue weighted by Gasteiger charge is -2.28. The molecule has 0 amide bonds. The second kappa shape index (κ2) is 8.48. The monoisotopic (exact) mass is 502 g/mol. The predicted octanol–water partition coefficient (Wildman–Crippen LogP) is 4.39. The zero-order valence-electron chi connectivity index (χ0n) is 20.6. The Morgan fingerprint density at radius 3 is 1.38 bits per heavy atom. The molecule has 9 nitrogen and oxygen atoms in total. The molecular formula is C28H26N2O7. The van der Waals surface area contributed by atoms with Gasteiger partial charge in [0.15, 0.2) is 0 Å². The summed E-state index contributed by atoms with van der Waals surface area (Å²) in [6, 6.07) is 5.34. The van der Waals surface area contributed by atoms with Crippen LogP contribution in [-0.4, -0.2) is 32.0 Å². The van der Waals surface area contributed by atoms with Crippen LogP contribution in [0.2, 0.25) is 0 Å². The zero-order valence-corrected chi connectivity index (χ0v) is 20.6. The van der Waals surface area contributed by atoms with Gasteiger partial charge in [-0.2, -0.15) is 0 Å². The van der Waals surface area contributed by atoms with E-state index in [9.17, 15) is 30.0 Å². The third kappa shape index (κ3) is 3.88. The largest absolute Gasteiger partial charge is 0.508 e. The van der Waals surface area contributed by atoms with E-state index < -0.39 is 0 Å². The number of hydrogen-bond donors (Lipinski definition) is 6. The smallest absolute Gasteiger partial charge is 0.205 e. The highest BCUT2D eigenvalue weighted by Gasteiger charge is 2.47. The second-order valence-electron chi connectivity index (χ2n) is 9.56. The van der Waals surface area contributed by atoms with Crippen molar-refractivity contribution >= 4 is 22.9 Å². The number of carbonyl (C=O) groups is 2. The maximum absolute atomic E-state index is 13.0. The summed E-state index contributed by atoms with van der Waals surface area (Å²) in [7, 11) is 0. The van der Waals surface area contributed by atoms with E-state index in [1.165, 1.54) is 36.4 Å². The van der Waals surface area contributed by atoms with Gasteiger partial charge >= 0.3 is 0 Å². The van der Waals surface area contributed by atoms with E-state index in [1.807, 2.05) is 0 Å². The first kappa shape index (κ1) is 24.1. The molecule has 2 aromatic carbocycles. The molecule has 0 saturated carbocycles. The highest BCUT2D eigenvalue weighted by atomic mass is 16.5. The molecule has 37 heavy (non-hydrogen) atoms. The summed E-state index contributed by atoms with van der Waals surface area (Å²) in [6.07, 6.45) is 2.76. The van der Waals surface area contributed by atoms with Crippen molar-refractivity contribution in [2.24, 2.45) is 11.8 Å². The lowest BCUT2D eigenvalue weighted by Crippen LogP contribution is -2.28. The molecule has 0 radical (unpaired) electrons. The Kier molecular flexibility index (Phi) is 5.51. The number of anilines is 2. The van der Waals surface area contributed by atoms with Crippen molar-refractivity contribution in [3.63, 3.8) is 0 Å². The van der Waals surface area contributed by atoms with Gasteiger partial charge in [-0.3, -0.25) is 9.59 Å². The van der Waals surface area contributed by atoms with Crippen molar-refractivity contribution in [3.8, 4) is 23.0 Å². The standard InChI is InChI=1S/C28H26N2O7/c1-11-5-15(31)7-17(33)25(11)29-27-13(3)23-21(9-19(27)35)37-22-10-20(36)28(14(4)24(22)23)30-26-12(2)6-16(32)8-18(26)34/h5-10,23-24,29-34H,1-4H3. The van der Waals surface area contributed by atoms with Crippen molar-refractivity contribution in [3.05, 3.63) is 81.6 Å². The summed E-state index contributed by atoms with van der Waals surface area (Å²) < 4.78 is 5.97. The fourth-order valence-corrected chi connectivity index (χ4v) is 5.25. The van der Waals surface area contributed by atoms with Crippen LogP contribution < -0.4 is 10.6 Å². The van der Waals surface area contributed by atoms with Gasteiger partial charge < -0.3 is 35.8 Å². The van der Waals surface area contributed by atoms with E-state index in [-0.39, 0.29) is 57.8 Å². The molecule has 0 bridgehead atoms. The van der Waals surface area contributed by atoms with E-state index in [0.717, 1.165) is 0 Å². The van der Waals surface area contributed by atoms with Gasteiger partial charge in [0.1, 0.15) is 34.5 Å². The van der Waals surface area contributed by atoms with Crippen LogP contribution >= 0.6 is 0 Å². The minimum atomic E-state index is -0.384. The number of carbonyl (C=O) groups excluding carboxylic acids is 2. The minimum Gasteiger partial charge on any atom is -0.508 e. The molecule has 1 aliphatic heterocycles. The van der Waals surface area contributed by atoms with E-state index in [2.05, 4.69) is 10.6 Å². The number of ether oxygens (including phenoxy) is 1. The Bertz CT molecular complexity index is 1370. The lowest BCUT2D eigenvalue weighted by atomic mass is 9.75. The van der Waals surface area contributed by atoms with E-state index in [1.54, 1.807) is 27.7 Å². The molecule has 1 fully saturated rings. The molecular weight excluding hydrogens is 476 g/mol. The summed E-state index contributed by atoms with van der Waals surface area (Å²) in [5, 5.41) is 46.3. The summed E-state index contributed by atoms with van der Waals surface area (Å²) >= 11 is 0. The number of ketones is 2. The average molecular weight is 503 g/mol. The van der Waals surface area contributed by atoms with Gasteiger partial charge in [0.2, 0.25) is 11.6 Å². The van der Waals surface area contributed by atoms with Crippen LogP contribution in [-0.2, 0) is 14.3 Å². The molecule has 5 rings (SSSR count). The number of aryl methyl sites for hydroxylation is 2. The number of benzene rings is 2. The maximum atomic E-state index is 13.0. The number of hydrogen-bond acceptors (Lipinski definition) is 9. The predicted molar refractivity (Wildman–Crippen MR) is 136 cm³/mol. The third-order valence-electron chi connectivity index (χ3n) is 7.04. The van der Waals surface area contributed by atoms with Crippen LogP contribution in [0.4, 0.5) is 11.4 Å². The van der Waals surface area contributed by atoms with Gasteiger partial charge in [0.25, 0.3) is 0 Å². The van der Waals surface area contributed by atoms with Crippen LogP contribution in [0.3, 0.4) is 0 Å². The molecule has 3 aliphatic rings. The molecule has 9 heteroatoms. The first-order valence-electron chi connectivity index (χ1n) is 11.7. The van der Waals surface area contributed by atoms with Gasteiger partial charge in [-0.25, -0.2) is 0 Å². The molecule has 2 atom stereocenters. The van der Waals surface area contributed by atoms with Gasteiger partial charge in [0, 0.05) is 24.3 Å². The van der Waals surface area contributed by atoms with Crippen LogP contribution in [0.5, 0.6) is 23.0 Å². The SMILES string of the molecule is CC1=C(Nc2c(C)cc(O)cc2O)C(=O)C=C2OC3=CC(=O)C(Nc4c(C)cc(O)cc4O)=C(C)C3C21. The van der Waals surface area contributed by atoms with Crippen LogP contribution in [0.25, 0.3) is 0 Å². The number of rotatable bonds is 4. The Morgan fingerprint density at radius 2 is 1.03 bits per heavy atom. The Morgan fingerprint density at radius 1 is 0.649 bits per heavy atom. The molecule has 190 valence electrons. The molecule has 1 heterocycles. The summed E-state index contributed by atoms with van der Waals surface area (Å²) in [6.45, 7) is 6.99. The number of fused-ring (bicyclic) bond motifs is 3. The first-order chi connectivity index (χ1) is 17.5. The fraction of sp³-hybridized carbons (Fsp3) is 0.214. The van der Waals surface area contributed by atoms with Crippen molar-refractivity contribution in [1.82, 2.24) is 0 Å². The topological polar surface area (TPSA) is 148 Å².